The van der Waals surface area contributed by atoms with Gasteiger partial charge in [0.05, 0.1) is 101 Å². The molecule has 0 bridgehead atoms. The van der Waals surface area contributed by atoms with Gasteiger partial charge < -0.3 is 49.4 Å². The first-order chi connectivity index (χ1) is 33.5. The summed E-state index contributed by atoms with van der Waals surface area (Å²) in [5, 5.41) is 12.4. The van der Waals surface area contributed by atoms with Crippen molar-refractivity contribution in [3.05, 3.63) is 81.1 Å². The van der Waals surface area contributed by atoms with E-state index in [2.05, 4.69) is 41.1 Å². The lowest BCUT2D eigenvalue weighted by Crippen LogP contribution is -2.54. The summed E-state index contributed by atoms with van der Waals surface area (Å²) in [6, 6.07) is 11.1. The lowest BCUT2D eigenvalue weighted by molar-refractivity contribution is -0.136. The van der Waals surface area contributed by atoms with Gasteiger partial charge >= 0.3 is 0 Å². The van der Waals surface area contributed by atoms with Gasteiger partial charge in [0.2, 0.25) is 17.7 Å². The van der Waals surface area contributed by atoms with Crippen LogP contribution >= 0.6 is 22.9 Å². The van der Waals surface area contributed by atoms with E-state index in [1.165, 1.54) is 17.5 Å². The Morgan fingerprint density at radius 2 is 1.49 bits per heavy atom. The van der Waals surface area contributed by atoms with Gasteiger partial charge in [-0.05, 0) is 44.0 Å². The van der Waals surface area contributed by atoms with Crippen molar-refractivity contribution in [3.63, 3.8) is 0 Å². The minimum Gasteiger partial charge on any atom is -0.382 e. The number of aryl methyl sites for hydroxylation is 2. The predicted octanol–water partition coefficient (Wildman–Crippen LogP) is 3.83. The number of nitrogens with one attached hydrogen (secondary N) is 4. The van der Waals surface area contributed by atoms with Gasteiger partial charge in [0.15, 0.2) is 5.13 Å². The van der Waals surface area contributed by atoms with Crippen LogP contribution in [0.2, 0.25) is 5.02 Å². The van der Waals surface area contributed by atoms with E-state index in [-0.39, 0.29) is 42.2 Å². The number of rotatable bonds is 25. The highest BCUT2D eigenvalue weighted by Crippen LogP contribution is 2.33. The highest BCUT2D eigenvalue weighted by molar-refractivity contribution is 7.17. The molecule has 0 saturated carbocycles. The quantitative estimate of drug-likeness (QED) is 0.0545. The molecule has 5 heterocycles. The van der Waals surface area contributed by atoms with Gasteiger partial charge in [0, 0.05) is 50.9 Å². The van der Waals surface area contributed by atoms with Gasteiger partial charge in [0.1, 0.15) is 28.4 Å². The molecule has 3 aliphatic heterocycles. The Labute approximate surface area is 407 Å². The SMILES string of the molecule is Cc1nc(Nc2ncc(C(=O)Nc3c(C)cccc3Cl)s2)cc(N2CCN(C(=O)CCOCCOCCOCCOCCOCCNc3cccc4c3C(=O)N(C3CCC(=O)NC3=O)C4=O)CC2)n1. The topological polar surface area (TPSA) is 245 Å². The normalized spacial score (nSPS) is 15.9. The molecule has 1 atom stereocenters. The fourth-order valence-electron chi connectivity index (χ4n) is 7.69. The number of ether oxygens (including phenoxy) is 5. The van der Waals surface area contributed by atoms with Crippen molar-refractivity contribution in [2.24, 2.45) is 0 Å². The fourth-order valence-corrected chi connectivity index (χ4v) is 8.68. The van der Waals surface area contributed by atoms with E-state index in [1.54, 1.807) is 24.3 Å². The predicted molar refractivity (Wildman–Crippen MR) is 255 cm³/mol. The average Bonchev–Trinajstić information content (AvgIpc) is 3.90. The van der Waals surface area contributed by atoms with Gasteiger partial charge in [-0.25, -0.2) is 15.0 Å². The molecular formula is C46H55ClN10O11S. The van der Waals surface area contributed by atoms with E-state index in [4.69, 9.17) is 35.3 Å². The Kier molecular flexibility index (Phi) is 18.3. The number of anilines is 5. The number of nitrogens with zero attached hydrogens (tertiary/aromatic N) is 6. The maximum absolute atomic E-state index is 13.2. The summed E-state index contributed by atoms with van der Waals surface area (Å²) in [6.07, 6.45) is 1.92. The molecule has 7 rings (SSSR count). The first kappa shape index (κ1) is 50.7. The van der Waals surface area contributed by atoms with Crippen molar-refractivity contribution in [1.29, 1.82) is 0 Å². The van der Waals surface area contributed by atoms with Crippen LogP contribution in [0.1, 0.15) is 61.0 Å². The molecular weight excluding hydrogens is 936 g/mol. The molecule has 4 aromatic rings. The van der Waals surface area contributed by atoms with Crippen molar-refractivity contribution in [1.82, 2.24) is 30.1 Å². The molecule has 2 aromatic heterocycles. The van der Waals surface area contributed by atoms with Crippen molar-refractivity contribution in [3.8, 4) is 0 Å². The summed E-state index contributed by atoms with van der Waals surface area (Å²) in [7, 11) is 0. The van der Waals surface area contributed by atoms with Crippen LogP contribution in [-0.2, 0) is 38.1 Å². The largest absolute Gasteiger partial charge is 0.382 e. The number of aromatic nitrogens is 3. The van der Waals surface area contributed by atoms with Gasteiger partial charge in [-0.3, -0.25) is 39.0 Å². The number of piperidine rings is 1. The van der Waals surface area contributed by atoms with Gasteiger partial charge in [-0.15, -0.1) is 0 Å². The van der Waals surface area contributed by atoms with Gasteiger partial charge in [0.25, 0.3) is 17.7 Å². The third-order valence-corrected chi connectivity index (χ3v) is 12.4. The summed E-state index contributed by atoms with van der Waals surface area (Å²) in [4.78, 5) is 94.7. The van der Waals surface area contributed by atoms with Crippen molar-refractivity contribution >= 4 is 86.5 Å². The highest BCUT2D eigenvalue weighted by atomic mass is 35.5. The van der Waals surface area contributed by atoms with Crippen molar-refractivity contribution in [2.75, 3.05) is 120 Å². The molecule has 6 amide bonds. The minimum absolute atomic E-state index is 0.0244. The molecule has 4 N–H and O–H groups in total. The smallest absolute Gasteiger partial charge is 0.267 e. The molecule has 368 valence electrons. The number of halogens is 1. The molecule has 2 saturated heterocycles. The molecule has 2 aromatic carbocycles. The van der Waals surface area contributed by atoms with E-state index in [9.17, 15) is 28.8 Å². The Bertz CT molecular complexity index is 2470. The number of imide groups is 2. The second-order valence-corrected chi connectivity index (χ2v) is 17.4. The number of carbonyl (C=O) groups is 6. The molecule has 2 fully saturated rings. The van der Waals surface area contributed by atoms with E-state index >= 15 is 0 Å². The number of para-hydroxylation sites is 1. The molecule has 23 heteroatoms. The van der Waals surface area contributed by atoms with Crippen LogP contribution in [0.25, 0.3) is 0 Å². The zero-order valence-corrected chi connectivity index (χ0v) is 40.0. The molecule has 3 aliphatic rings. The number of fused-ring (bicyclic) bond motifs is 1. The van der Waals surface area contributed by atoms with Crippen molar-refractivity contribution < 1.29 is 52.5 Å². The van der Waals surface area contributed by atoms with Gasteiger partial charge in [-0.2, -0.15) is 0 Å². The molecule has 21 nitrogen and oxygen atoms in total. The van der Waals surface area contributed by atoms with Crippen molar-refractivity contribution in [2.45, 2.75) is 39.2 Å². The number of amides is 6. The summed E-state index contributed by atoms with van der Waals surface area (Å²) >= 11 is 7.48. The van der Waals surface area contributed by atoms with Crippen LogP contribution < -0.4 is 26.2 Å². The maximum Gasteiger partial charge on any atom is 0.267 e. The lowest BCUT2D eigenvalue weighted by atomic mass is 10.0. The summed E-state index contributed by atoms with van der Waals surface area (Å²) < 4.78 is 27.9. The minimum atomic E-state index is -1.03. The van der Waals surface area contributed by atoms with Crippen LogP contribution in [0, 0.1) is 13.8 Å². The van der Waals surface area contributed by atoms with E-state index < -0.39 is 29.7 Å². The summed E-state index contributed by atoms with van der Waals surface area (Å²) in [5.41, 5.74) is 2.29. The zero-order chi connectivity index (χ0) is 48.7. The first-order valence-electron chi connectivity index (χ1n) is 22.6. The Morgan fingerprint density at radius 3 is 2.17 bits per heavy atom. The van der Waals surface area contributed by atoms with E-state index in [0.29, 0.717) is 137 Å². The number of hydrogen-bond donors (Lipinski definition) is 4. The maximum atomic E-state index is 13.2. The molecule has 0 radical (unpaired) electrons. The molecule has 1 unspecified atom stereocenters. The fraction of sp³-hybridized carbons (Fsp3) is 0.457. The van der Waals surface area contributed by atoms with E-state index in [1.807, 2.05) is 36.9 Å². The molecule has 0 aliphatic carbocycles. The summed E-state index contributed by atoms with van der Waals surface area (Å²) in [5.74, 6) is -0.655. The standard InChI is InChI=1S/C46H55ClN10O11S/c1-29-5-3-7-32(47)41(29)54-43(61)35-28-49-46(69-35)52-36-27-37(51-30(2)50-36)55-13-15-56(16-14-55)39(59)11-17-64-19-21-66-23-25-68-26-24-67-22-20-65-18-12-48-33-8-4-6-31-40(33)45(63)57(44(31)62)34-9-10-38(58)53-42(34)60/h3-8,27-28,34,48H,9-26H2,1-2H3,(H,54,61)(H,53,58,60)(H,49,50,51,52). The van der Waals surface area contributed by atoms with E-state index in [0.717, 1.165) is 16.3 Å². The number of benzene rings is 2. The second-order valence-electron chi connectivity index (χ2n) is 16.0. The lowest BCUT2D eigenvalue weighted by Gasteiger charge is -2.35. The summed E-state index contributed by atoms with van der Waals surface area (Å²) in [6.45, 7) is 9.95. The second kappa shape index (κ2) is 24.9. The van der Waals surface area contributed by atoms with Crippen LogP contribution in [0.4, 0.5) is 28.1 Å². The van der Waals surface area contributed by atoms with Crippen LogP contribution in [0.5, 0.6) is 0 Å². The highest BCUT2D eigenvalue weighted by Gasteiger charge is 2.45. The average molecular weight is 992 g/mol. The Morgan fingerprint density at radius 1 is 0.826 bits per heavy atom. The molecule has 69 heavy (non-hydrogen) atoms. The number of piperazine rings is 1. The van der Waals surface area contributed by atoms with Crippen LogP contribution in [0.15, 0.2) is 48.7 Å². The van der Waals surface area contributed by atoms with Crippen LogP contribution in [0.3, 0.4) is 0 Å². The number of carbonyl (C=O) groups excluding carboxylic acids is 6. The number of hydrogen-bond acceptors (Lipinski definition) is 18. The zero-order valence-electron chi connectivity index (χ0n) is 38.4. The third-order valence-electron chi connectivity index (χ3n) is 11.2. The Hall–Kier alpha value is -6.14. The Balaban J connectivity index is 0.672. The van der Waals surface area contributed by atoms with Crippen LogP contribution in [-0.4, -0.2) is 165 Å². The third kappa shape index (κ3) is 13.8. The van der Waals surface area contributed by atoms with Gasteiger partial charge in [-0.1, -0.05) is 41.1 Å². The molecule has 0 spiro atoms. The first-order valence-corrected chi connectivity index (χ1v) is 23.8. The monoisotopic (exact) mass is 990 g/mol. The number of thiazole rings is 1.